The molecule has 0 bridgehead atoms. The average molecular weight is 423 g/mol. The van der Waals surface area contributed by atoms with Gasteiger partial charge in [0.15, 0.2) is 0 Å². The van der Waals surface area contributed by atoms with Crippen molar-refractivity contribution < 1.29 is 9.53 Å². The van der Waals surface area contributed by atoms with Gasteiger partial charge in [0.2, 0.25) is 0 Å². The van der Waals surface area contributed by atoms with E-state index in [4.69, 9.17) is 16.3 Å². The second-order valence-electron chi connectivity index (χ2n) is 6.38. The predicted octanol–water partition coefficient (Wildman–Crippen LogP) is 5.91. The maximum Gasteiger partial charge on any atom is 0.253 e. The highest BCUT2D eigenvalue weighted by molar-refractivity contribution is 9.10. The highest BCUT2D eigenvalue weighted by atomic mass is 79.9. The Morgan fingerprint density at radius 2 is 2.00 bits per heavy atom. The van der Waals surface area contributed by atoms with Gasteiger partial charge in [0.1, 0.15) is 11.4 Å². The highest BCUT2D eigenvalue weighted by Crippen LogP contribution is 2.42. The van der Waals surface area contributed by atoms with Crippen molar-refractivity contribution in [2.24, 2.45) is 0 Å². The van der Waals surface area contributed by atoms with Gasteiger partial charge in [-0.1, -0.05) is 59.6 Å². The quantitative estimate of drug-likeness (QED) is 0.664. The summed E-state index contributed by atoms with van der Waals surface area (Å²) in [5.41, 5.74) is 1.23. The van der Waals surface area contributed by atoms with Crippen molar-refractivity contribution in [2.75, 3.05) is 0 Å². The summed E-state index contributed by atoms with van der Waals surface area (Å²) in [5.74, 6) is 0.678. The maximum absolute atomic E-state index is 12.8. The van der Waals surface area contributed by atoms with Crippen LogP contribution in [0.4, 0.5) is 0 Å². The standard InChI is InChI=1S/C20H21BrClNO2/c1-3-20(4-2)12-17(14-7-5-6-8-18(14)25-20)23-19(24)15-11-13(21)9-10-16(15)22/h5-11,17H,3-4,12H2,1-2H3,(H,23,24). The molecular formula is C20H21BrClNO2. The first-order valence-corrected chi connectivity index (χ1v) is 9.69. The molecule has 0 spiro atoms. The SMILES string of the molecule is CCC1(CC)CC(NC(=O)c2cc(Br)ccc2Cl)c2ccccc2O1. The van der Waals surface area contributed by atoms with E-state index in [1.54, 1.807) is 12.1 Å². The first-order valence-electron chi connectivity index (χ1n) is 8.52. The van der Waals surface area contributed by atoms with Crippen molar-refractivity contribution in [3.63, 3.8) is 0 Å². The lowest BCUT2D eigenvalue weighted by Gasteiger charge is -2.41. The van der Waals surface area contributed by atoms with Gasteiger partial charge in [0.05, 0.1) is 16.6 Å². The molecule has 1 aliphatic heterocycles. The van der Waals surface area contributed by atoms with Crippen LogP contribution in [0.3, 0.4) is 0 Å². The minimum Gasteiger partial charge on any atom is -0.487 e. The summed E-state index contributed by atoms with van der Waals surface area (Å²) < 4.78 is 7.12. The Balaban J connectivity index is 1.93. The molecule has 0 aromatic heterocycles. The van der Waals surface area contributed by atoms with Crippen molar-refractivity contribution in [3.05, 3.63) is 63.1 Å². The predicted molar refractivity (Wildman–Crippen MR) is 104 cm³/mol. The largest absolute Gasteiger partial charge is 0.487 e. The molecule has 1 N–H and O–H groups in total. The highest BCUT2D eigenvalue weighted by Gasteiger charge is 2.39. The third-order valence-electron chi connectivity index (χ3n) is 4.96. The number of rotatable bonds is 4. The molecule has 0 radical (unpaired) electrons. The first kappa shape index (κ1) is 18.3. The van der Waals surface area contributed by atoms with Crippen molar-refractivity contribution >= 4 is 33.4 Å². The van der Waals surface area contributed by atoms with Gasteiger partial charge in [-0.05, 0) is 37.1 Å². The molecule has 3 rings (SSSR count). The summed E-state index contributed by atoms with van der Waals surface area (Å²) in [7, 11) is 0. The fourth-order valence-corrected chi connectivity index (χ4v) is 3.90. The Morgan fingerprint density at radius 3 is 2.72 bits per heavy atom. The number of carbonyl (C=O) groups is 1. The van der Waals surface area contributed by atoms with E-state index in [-0.39, 0.29) is 17.6 Å². The zero-order chi connectivity index (χ0) is 18.0. The summed E-state index contributed by atoms with van der Waals surface area (Å²) in [6.45, 7) is 4.25. The van der Waals surface area contributed by atoms with Crippen LogP contribution in [0.15, 0.2) is 46.9 Å². The molecule has 132 valence electrons. The van der Waals surface area contributed by atoms with Gasteiger partial charge in [0.25, 0.3) is 5.91 Å². The molecule has 1 amide bonds. The number of hydrogen-bond acceptors (Lipinski definition) is 2. The van der Waals surface area contributed by atoms with Crippen LogP contribution in [-0.2, 0) is 0 Å². The monoisotopic (exact) mass is 421 g/mol. The smallest absolute Gasteiger partial charge is 0.253 e. The zero-order valence-corrected chi connectivity index (χ0v) is 16.7. The lowest BCUT2D eigenvalue weighted by Crippen LogP contribution is -2.44. The summed E-state index contributed by atoms with van der Waals surface area (Å²) in [5, 5.41) is 3.60. The zero-order valence-electron chi connectivity index (χ0n) is 14.3. The van der Waals surface area contributed by atoms with Gasteiger partial charge >= 0.3 is 0 Å². The Labute approximate surface area is 161 Å². The van der Waals surface area contributed by atoms with Crippen LogP contribution in [0, 0.1) is 0 Å². The third-order valence-corrected chi connectivity index (χ3v) is 5.79. The van der Waals surface area contributed by atoms with E-state index in [1.165, 1.54) is 0 Å². The maximum atomic E-state index is 12.8. The van der Waals surface area contributed by atoms with Crippen LogP contribution >= 0.6 is 27.5 Å². The molecule has 2 aromatic carbocycles. The Bertz CT molecular complexity index is 789. The summed E-state index contributed by atoms with van der Waals surface area (Å²) in [6, 6.07) is 13.1. The molecule has 1 unspecified atom stereocenters. The Kier molecular flexibility index (Phi) is 5.40. The van der Waals surface area contributed by atoms with E-state index in [2.05, 4.69) is 35.1 Å². The third kappa shape index (κ3) is 3.70. The molecule has 0 fully saturated rings. The molecule has 3 nitrogen and oxygen atoms in total. The van der Waals surface area contributed by atoms with E-state index in [1.807, 2.05) is 30.3 Å². The minimum atomic E-state index is -0.257. The van der Waals surface area contributed by atoms with E-state index in [0.29, 0.717) is 10.6 Å². The van der Waals surface area contributed by atoms with Gasteiger partial charge in [-0.25, -0.2) is 0 Å². The van der Waals surface area contributed by atoms with Gasteiger partial charge < -0.3 is 10.1 Å². The van der Waals surface area contributed by atoms with Gasteiger partial charge in [-0.3, -0.25) is 4.79 Å². The van der Waals surface area contributed by atoms with Crippen molar-refractivity contribution in [2.45, 2.75) is 44.8 Å². The molecule has 1 atom stereocenters. The number of fused-ring (bicyclic) bond motifs is 1. The Morgan fingerprint density at radius 1 is 1.28 bits per heavy atom. The lowest BCUT2D eigenvalue weighted by atomic mass is 9.83. The normalized spacial score (nSPS) is 18.2. The van der Waals surface area contributed by atoms with Crippen LogP contribution in [0.25, 0.3) is 0 Å². The number of hydrogen-bond donors (Lipinski definition) is 1. The lowest BCUT2D eigenvalue weighted by molar-refractivity contribution is 0.0227. The molecule has 0 saturated carbocycles. The van der Waals surface area contributed by atoms with Gasteiger partial charge in [-0.15, -0.1) is 0 Å². The molecular weight excluding hydrogens is 402 g/mol. The Hall–Kier alpha value is -1.52. The van der Waals surface area contributed by atoms with Crippen LogP contribution in [0.2, 0.25) is 5.02 Å². The minimum absolute atomic E-state index is 0.104. The average Bonchev–Trinajstić information content (AvgIpc) is 2.63. The van der Waals surface area contributed by atoms with E-state index < -0.39 is 0 Å². The second kappa shape index (κ2) is 7.38. The van der Waals surface area contributed by atoms with Crippen molar-refractivity contribution in [1.29, 1.82) is 0 Å². The van der Waals surface area contributed by atoms with Crippen molar-refractivity contribution in [1.82, 2.24) is 5.32 Å². The van der Waals surface area contributed by atoms with Crippen LogP contribution in [0.1, 0.15) is 55.1 Å². The van der Waals surface area contributed by atoms with Crippen LogP contribution in [0.5, 0.6) is 5.75 Å². The topological polar surface area (TPSA) is 38.3 Å². The van der Waals surface area contributed by atoms with Crippen LogP contribution < -0.4 is 10.1 Å². The number of carbonyl (C=O) groups excluding carboxylic acids is 1. The number of amides is 1. The van der Waals surface area contributed by atoms with E-state index >= 15 is 0 Å². The molecule has 5 heteroatoms. The first-order chi connectivity index (χ1) is 12.0. The number of ether oxygens (including phenoxy) is 1. The summed E-state index contributed by atoms with van der Waals surface area (Å²) >= 11 is 9.61. The number of halogens is 2. The fourth-order valence-electron chi connectivity index (χ4n) is 3.34. The number of para-hydroxylation sites is 1. The van der Waals surface area contributed by atoms with Crippen LogP contribution in [-0.4, -0.2) is 11.5 Å². The van der Waals surface area contributed by atoms with E-state index in [0.717, 1.165) is 35.0 Å². The molecule has 25 heavy (non-hydrogen) atoms. The molecule has 2 aromatic rings. The number of nitrogens with one attached hydrogen (secondary N) is 1. The molecule has 0 aliphatic carbocycles. The summed E-state index contributed by atoms with van der Waals surface area (Å²) in [4.78, 5) is 12.8. The summed E-state index contributed by atoms with van der Waals surface area (Å²) in [6.07, 6.45) is 2.53. The van der Waals surface area contributed by atoms with E-state index in [9.17, 15) is 4.79 Å². The fraction of sp³-hybridized carbons (Fsp3) is 0.350. The van der Waals surface area contributed by atoms with Crippen molar-refractivity contribution in [3.8, 4) is 5.75 Å². The van der Waals surface area contributed by atoms with Gasteiger partial charge in [-0.2, -0.15) is 0 Å². The number of benzene rings is 2. The molecule has 1 aliphatic rings. The molecule has 1 heterocycles. The molecule has 0 saturated heterocycles. The van der Waals surface area contributed by atoms with Gasteiger partial charge in [0, 0.05) is 16.5 Å². The second-order valence-corrected chi connectivity index (χ2v) is 7.71.